The van der Waals surface area contributed by atoms with Crippen LogP contribution in [-0.4, -0.2) is 22.0 Å². The van der Waals surface area contributed by atoms with Gasteiger partial charge in [0.2, 0.25) is 0 Å². The second-order valence-electron chi connectivity index (χ2n) is 3.39. The third-order valence-electron chi connectivity index (χ3n) is 2.38. The van der Waals surface area contributed by atoms with Gasteiger partial charge in [-0.2, -0.15) is 11.8 Å². The summed E-state index contributed by atoms with van der Waals surface area (Å²) in [5.74, 6) is 2.48. The molecule has 1 aromatic heterocycles. The van der Waals surface area contributed by atoms with Crippen molar-refractivity contribution in [1.29, 1.82) is 0 Å². The second kappa shape index (κ2) is 5.03. The molecule has 1 unspecified atom stereocenters. The van der Waals surface area contributed by atoms with Crippen LogP contribution in [0.3, 0.4) is 0 Å². The Labute approximate surface area is 94.1 Å². The number of H-pyrrole nitrogens is 1. The van der Waals surface area contributed by atoms with Gasteiger partial charge in [-0.3, -0.25) is 0 Å². The summed E-state index contributed by atoms with van der Waals surface area (Å²) in [6.07, 6.45) is 5.82. The predicted octanol–water partition coefficient (Wildman–Crippen LogP) is 2.90. The summed E-state index contributed by atoms with van der Waals surface area (Å²) >= 11 is 1.84. The minimum atomic E-state index is 0.371. The van der Waals surface area contributed by atoms with E-state index in [0.717, 1.165) is 11.6 Å². The molecule has 2 rings (SSSR count). The van der Waals surface area contributed by atoms with Crippen LogP contribution in [0.4, 0.5) is 0 Å². The normalized spacial score (nSPS) is 12.6. The highest BCUT2D eigenvalue weighted by atomic mass is 32.2. The molecule has 1 heterocycles. The zero-order valence-corrected chi connectivity index (χ0v) is 9.50. The van der Waals surface area contributed by atoms with Crippen LogP contribution in [0.15, 0.2) is 42.7 Å². The molecule has 0 saturated heterocycles. The number of rotatable bonds is 4. The molecule has 0 aliphatic carbocycles. The van der Waals surface area contributed by atoms with E-state index in [1.54, 1.807) is 0 Å². The lowest BCUT2D eigenvalue weighted by atomic mass is 10.0. The van der Waals surface area contributed by atoms with E-state index in [1.165, 1.54) is 5.56 Å². The first-order valence-corrected chi connectivity index (χ1v) is 6.34. The van der Waals surface area contributed by atoms with Crippen molar-refractivity contribution in [2.75, 3.05) is 12.0 Å². The highest BCUT2D eigenvalue weighted by molar-refractivity contribution is 7.98. The molecule has 0 saturated carbocycles. The molecule has 78 valence electrons. The number of nitrogens with one attached hydrogen (secondary N) is 1. The molecule has 15 heavy (non-hydrogen) atoms. The zero-order chi connectivity index (χ0) is 10.5. The van der Waals surface area contributed by atoms with Crippen LogP contribution in [-0.2, 0) is 0 Å². The monoisotopic (exact) mass is 218 g/mol. The Kier molecular flexibility index (Phi) is 3.45. The average molecular weight is 218 g/mol. The van der Waals surface area contributed by atoms with Crippen molar-refractivity contribution >= 4 is 11.8 Å². The number of nitrogens with zero attached hydrogens (tertiary/aromatic N) is 1. The van der Waals surface area contributed by atoms with Crippen molar-refractivity contribution < 1.29 is 0 Å². The predicted molar refractivity (Wildman–Crippen MR) is 65.3 cm³/mol. The number of benzene rings is 1. The summed E-state index contributed by atoms with van der Waals surface area (Å²) in [6, 6.07) is 10.5. The molecule has 3 heteroatoms. The summed E-state index contributed by atoms with van der Waals surface area (Å²) in [6.45, 7) is 0. The van der Waals surface area contributed by atoms with Crippen molar-refractivity contribution in [1.82, 2.24) is 9.97 Å². The standard InChI is InChI=1S/C12H14N2S/c1-15-9-11(12-13-7-8-14-12)10-5-3-2-4-6-10/h2-8,11H,9H2,1H3,(H,13,14). The van der Waals surface area contributed by atoms with Crippen LogP contribution in [0, 0.1) is 0 Å². The summed E-state index contributed by atoms with van der Waals surface area (Å²) in [5.41, 5.74) is 1.32. The van der Waals surface area contributed by atoms with Gasteiger partial charge in [0.15, 0.2) is 0 Å². The lowest BCUT2D eigenvalue weighted by Gasteiger charge is -2.13. The number of imidazole rings is 1. The Balaban J connectivity index is 2.28. The van der Waals surface area contributed by atoms with Crippen LogP contribution < -0.4 is 0 Å². The first-order chi connectivity index (χ1) is 7.42. The third-order valence-corrected chi connectivity index (χ3v) is 3.05. The molecule has 1 aromatic carbocycles. The van der Waals surface area contributed by atoms with E-state index in [0.29, 0.717) is 5.92 Å². The summed E-state index contributed by atoms with van der Waals surface area (Å²) in [5, 5.41) is 0. The Morgan fingerprint density at radius 1 is 1.33 bits per heavy atom. The van der Waals surface area contributed by atoms with Gasteiger partial charge in [0.05, 0.1) is 5.92 Å². The molecule has 2 nitrogen and oxygen atoms in total. The van der Waals surface area contributed by atoms with Crippen molar-refractivity contribution in [3.8, 4) is 0 Å². The van der Waals surface area contributed by atoms with Gasteiger partial charge in [-0.05, 0) is 11.8 Å². The minimum Gasteiger partial charge on any atom is -0.348 e. The van der Waals surface area contributed by atoms with Crippen LogP contribution in [0.25, 0.3) is 0 Å². The Morgan fingerprint density at radius 3 is 2.73 bits per heavy atom. The van der Waals surface area contributed by atoms with Crippen molar-refractivity contribution in [2.45, 2.75) is 5.92 Å². The molecule has 0 aliphatic heterocycles. The second-order valence-corrected chi connectivity index (χ2v) is 4.30. The molecule has 0 aliphatic rings. The molecule has 0 radical (unpaired) electrons. The van der Waals surface area contributed by atoms with Crippen LogP contribution in [0.5, 0.6) is 0 Å². The SMILES string of the molecule is CSCC(c1ccccc1)c1ncc[nH]1. The van der Waals surface area contributed by atoms with Gasteiger partial charge in [0.1, 0.15) is 5.82 Å². The summed E-state index contributed by atoms with van der Waals surface area (Å²) in [4.78, 5) is 7.54. The summed E-state index contributed by atoms with van der Waals surface area (Å²) in [7, 11) is 0. The maximum Gasteiger partial charge on any atom is 0.114 e. The highest BCUT2D eigenvalue weighted by Crippen LogP contribution is 2.24. The lowest BCUT2D eigenvalue weighted by Crippen LogP contribution is -2.05. The van der Waals surface area contributed by atoms with Gasteiger partial charge in [-0.1, -0.05) is 30.3 Å². The van der Waals surface area contributed by atoms with Crippen molar-refractivity contribution in [3.63, 3.8) is 0 Å². The van der Waals surface area contributed by atoms with E-state index in [2.05, 4.69) is 40.5 Å². The van der Waals surface area contributed by atoms with Gasteiger partial charge < -0.3 is 4.98 Å². The van der Waals surface area contributed by atoms with E-state index < -0.39 is 0 Å². The zero-order valence-electron chi connectivity index (χ0n) is 8.68. The highest BCUT2D eigenvalue weighted by Gasteiger charge is 2.14. The number of thioether (sulfide) groups is 1. The van der Waals surface area contributed by atoms with Gasteiger partial charge in [0, 0.05) is 18.1 Å². The van der Waals surface area contributed by atoms with Crippen LogP contribution >= 0.6 is 11.8 Å². The molecular weight excluding hydrogens is 204 g/mol. The average Bonchev–Trinajstić information content (AvgIpc) is 2.80. The first-order valence-electron chi connectivity index (χ1n) is 4.95. The summed E-state index contributed by atoms with van der Waals surface area (Å²) < 4.78 is 0. The smallest absolute Gasteiger partial charge is 0.114 e. The fraction of sp³-hybridized carbons (Fsp3) is 0.250. The quantitative estimate of drug-likeness (QED) is 0.854. The first kappa shape index (κ1) is 10.3. The lowest BCUT2D eigenvalue weighted by molar-refractivity contribution is 0.852. The molecule has 0 fully saturated rings. The fourth-order valence-corrected chi connectivity index (χ4v) is 2.34. The number of hydrogen-bond acceptors (Lipinski definition) is 2. The van der Waals surface area contributed by atoms with Crippen molar-refractivity contribution in [3.05, 3.63) is 54.1 Å². The Bertz CT molecular complexity index is 383. The fourth-order valence-electron chi connectivity index (χ4n) is 1.65. The molecule has 1 atom stereocenters. The molecule has 2 aromatic rings. The number of aromatic nitrogens is 2. The van der Waals surface area contributed by atoms with Crippen molar-refractivity contribution in [2.24, 2.45) is 0 Å². The van der Waals surface area contributed by atoms with E-state index >= 15 is 0 Å². The van der Waals surface area contributed by atoms with Crippen LogP contribution in [0.1, 0.15) is 17.3 Å². The minimum absolute atomic E-state index is 0.371. The Hall–Kier alpha value is -1.22. The van der Waals surface area contributed by atoms with Gasteiger partial charge >= 0.3 is 0 Å². The Morgan fingerprint density at radius 2 is 2.13 bits per heavy atom. The molecular formula is C12H14N2S. The molecule has 0 bridgehead atoms. The van der Waals surface area contributed by atoms with Crippen LogP contribution in [0.2, 0.25) is 0 Å². The van der Waals surface area contributed by atoms with E-state index in [1.807, 2.05) is 30.2 Å². The largest absolute Gasteiger partial charge is 0.348 e. The topological polar surface area (TPSA) is 28.7 Å². The van der Waals surface area contributed by atoms with Gasteiger partial charge in [-0.25, -0.2) is 4.98 Å². The van der Waals surface area contributed by atoms with Gasteiger partial charge in [0.25, 0.3) is 0 Å². The van der Waals surface area contributed by atoms with E-state index in [-0.39, 0.29) is 0 Å². The number of aromatic amines is 1. The van der Waals surface area contributed by atoms with Gasteiger partial charge in [-0.15, -0.1) is 0 Å². The number of hydrogen-bond donors (Lipinski definition) is 1. The maximum absolute atomic E-state index is 4.34. The van der Waals surface area contributed by atoms with E-state index in [4.69, 9.17) is 0 Å². The van der Waals surface area contributed by atoms with E-state index in [9.17, 15) is 0 Å². The maximum atomic E-state index is 4.34. The molecule has 1 N–H and O–H groups in total. The molecule has 0 spiro atoms. The molecule has 0 amide bonds. The third kappa shape index (κ3) is 2.42.